The predicted molar refractivity (Wildman–Crippen MR) is 144 cm³/mol. The molecule has 1 unspecified atom stereocenters. The van der Waals surface area contributed by atoms with Crippen LogP contribution in [0.2, 0.25) is 0 Å². The molecule has 0 amide bonds. The zero-order valence-electron chi connectivity index (χ0n) is 21.2. The van der Waals surface area contributed by atoms with Crippen molar-refractivity contribution in [3.05, 3.63) is 95.7 Å². The molecule has 0 aliphatic heterocycles. The van der Waals surface area contributed by atoms with E-state index in [1.54, 1.807) is 6.08 Å². The Morgan fingerprint density at radius 3 is 2.28 bits per heavy atom. The summed E-state index contributed by atoms with van der Waals surface area (Å²) in [5.74, 6) is 1.20. The number of aryl methyl sites for hydroxylation is 1. The maximum absolute atomic E-state index is 3.75. The van der Waals surface area contributed by atoms with Crippen LogP contribution < -0.4 is 10.2 Å². The van der Waals surface area contributed by atoms with Gasteiger partial charge in [-0.2, -0.15) is 0 Å². The van der Waals surface area contributed by atoms with Crippen LogP contribution >= 0.6 is 0 Å². The van der Waals surface area contributed by atoms with E-state index in [2.05, 4.69) is 107 Å². The predicted octanol–water partition coefficient (Wildman–Crippen LogP) is 8.62. The molecule has 0 spiro atoms. The minimum Gasteiger partial charge on any atom is -0.364 e. The fraction of sp³-hybridized carbons (Fsp3) is 0.400. The molecule has 0 aliphatic carbocycles. The summed E-state index contributed by atoms with van der Waals surface area (Å²) in [4.78, 5) is 2.55. The van der Waals surface area contributed by atoms with Crippen molar-refractivity contribution < 1.29 is 0 Å². The van der Waals surface area contributed by atoms with Gasteiger partial charge < -0.3 is 10.2 Å². The molecule has 2 heteroatoms. The lowest BCUT2D eigenvalue weighted by molar-refractivity contribution is 0.486. The lowest BCUT2D eigenvalue weighted by Gasteiger charge is -2.33. The van der Waals surface area contributed by atoms with Crippen molar-refractivity contribution in [2.45, 2.75) is 73.4 Å². The fourth-order valence-electron chi connectivity index (χ4n) is 4.11. The minimum absolute atomic E-state index is 0.457. The Morgan fingerprint density at radius 2 is 1.72 bits per heavy atom. The molecule has 0 bridgehead atoms. The molecule has 0 aliphatic rings. The number of hydrogen-bond donors (Lipinski definition) is 1. The first-order valence-electron chi connectivity index (χ1n) is 11.9. The third-order valence-electron chi connectivity index (χ3n) is 5.73. The summed E-state index contributed by atoms with van der Waals surface area (Å²) in [6, 6.07) is 16.3. The van der Waals surface area contributed by atoms with Crippen LogP contribution in [0.3, 0.4) is 0 Å². The lowest BCUT2D eigenvalue weighted by atomic mass is 9.97. The van der Waals surface area contributed by atoms with Gasteiger partial charge in [0.1, 0.15) is 0 Å². The molecular weight excluding hydrogens is 388 g/mol. The second-order valence-electron chi connectivity index (χ2n) is 9.52. The van der Waals surface area contributed by atoms with E-state index in [1.807, 2.05) is 19.1 Å². The molecule has 1 atom stereocenters. The first-order chi connectivity index (χ1) is 15.2. The van der Waals surface area contributed by atoms with E-state index < -0.39 is 0 Å². The zero-order chi connectivity index (χ0) is 23.7. The zero-order valence-corrected chi connectivity index (χ0v) is 21.2. The first kappa shape index (κ1) is 25.5. The van der Waals surface area contributed by atoms with Gasteiger partial charge in [-0.1, -0.05) is 76.3 Å². The summed E-state index contributed by atoms with van der Waals surface area (Å²) >= 11 is 0. The van der Waals surface area contributed by atoms with Gasteiger partial charge in [0, 0.05) is 29.7 Å². The smallest absolute Gasteiger partial charge is 0.0432 e. The van der Waals surface area contributed by atoms with Crippen LogP contribution in [0.15, 0.2) is 79.0 Å². The Bertz CT molecular complexity index is 916. The largest absolute Gasteiger partial charge is 0.364 e. The van der Waals surface area contributed by atoms with Crippen LogP contribution in [0.25, 0.3) is 0 Å². The Balaban J connectivity index is 2.31. The lowest BCUT2D eigenvalue weighted by Crippen LogP contribution is -2.33. The maximum atomic E-state index is 3.75. The van der Waals surface area contributed by atoms with Gasteiger partial charge in [-0.15, -0.1) is 0 Å². The highest BCUT2D eigenvalue weighted by Gasteiger charge is 2.17. The van der Waals surface area contributed by atoms with Crippen LogP contribution in [0.1, 0.15) is 70.6 Å². The summed E-state index contributed by atoms with van der Waals surface area (Å²) in [5.41, 5.74) is 7.56. The SMILES string of the molecule is C=C/C=C\C(=C/C)Nc1ccc(N(Cc2cc(C)cc(C(C)C)c2)C(C)CC(C)C)cc1. The normalized spacial score (nSPS) is 13.1. The third-order valence-corrected chi connectivity index (χ3v) is 5.73. The van der Waals surface area contributed by atoms with Gasteiger partial charge in [-0.25, -0.2) is 0 Å². The maximum Gasteiger partial charge on any atom is 0.0432 e. The van der Waals surface area contributed by atoms with Gasteiger partial charge in [0.2, 0.25) is 0 Å². The van der Waals surface area contributed by atoms with Crippen molar-refractivity contribution in [3.8, 4) is 0 Å². The highest BCUT2D eigenvalue weighted by Crippen LogP contribution is 2.27. The van der Waals surface area contributed by atoms with E-state index in [-0.39, 0.29) is 0 Å². The van der Waals surface area contributed by atoms with Crippen LogP contribution in [0, 0.1) is 12.8 Å². The van der Waals surface area contributed by atoms with E-state index in [0.717, 1.165) is 24.4 Å². The highest BCUT2D eigenvalue weighted by atomic mass is 15.2. The molecular formula is C30H42N2. The molecule has 172 valence electrons. The number of benzene rings is 2. The number of allylic oxidation sites excluding steroid dienone is 4. The molecule has 2 aromatic rings. The van der Waals surface area contributed by atoms with E-state index in [9.17, 15) is 0 Å². The van der Waals surface area contributed by atoms with Gasteiger partial charge in [0.05, 0.1) is 0 Å². The average Bonchev–Trinajstić information content (AvgIpc) is 2.74. The fourth-order valence-corrected chi connectivity index (χ4v) is 4.11. The van der Waals surface area contributed by atoms with Crippen molar-refractivity contribution in [3.63, 3.8) is 0 Å². The Morgan fingerprint density at radius 1 is 1.03 bits per heavy atom. The summed E-state index contributed by atoms with van der Waals surface area (Å²) in [7, 11) is 0. The van der Waals surface area contributed by atoms with Crippen LogP contribution in [-0.4, -0.2) is 6.04 Å². The van der Waals surface area contributed by atoms with E-state index in [0.29, 0.717) is 17.9 Å². The van der Waals surface area contributed by atoms with Crippen LogP contribution in [0.5, 0.6) is 0 Å². The Hall–Kier alpha value is -2.74. The standard InChI is InChI=1S/C30H42N2/c1-9-11-12-28(10-2)31-29-13-15-30(16-14-29)32(25(8)17-22(3)4)21-26-18-24(7)19-27(20-26)23(5)6/h9-16,18-20,22-23,25,31H,1,17,21H2,2-8H3/b12-11-,28-10+. The van der Waals surface area contributed by atoms with Gasteiger partial charge in [0.15, 0.2) is 0 Å². The summed E-state index contributed by atoms with van der Waals surface area (Å²) in [6.07, 6.45) is 8.99. The van der Waals surface area contributed by atoms with Crippen LogP contribution in [0.4, 0.5) is 11.4 Å². The molecule has 32 heavy (non-hydrogen) atoms. The van der Waals surface area contributed by atoms with Crippen molar-refractivity contribution in [2.75, 3.05) is 10.2 Å². The summed E-state index contributed by atoms with van der Waals surface area (Å²) in [6.45, 7) is 20.4. The molecule has 0 fully saturated rings. The van der Waals surface area contributed by atoms with Gasteiger partial charge in [-0.05, 0) is 80.5 Å². The minimum atomic E-state index is 0.457. The van der Waals surface area contributed by atoms with Gasteiger partial charge in [-0.3, -0.25) is 0 Å². The Kier molecular flexibility index (Phi) is 9.84. The number of hydrogen-bond acceptors (Lipinski definition) is 2. The van der Waals surface area contributed by atoms with Crippen molar-refractivity contribution in [1.82, 2.24) is 0 Å². The number of anilines is 2. The molecule has 0 aromatic heterocycles. The van der Waals surface area contributed by atoms with Crippen molar-refractivity contribution in [2.24, 2.45) is 5.92 Å². The number of rotatable bonds is 11. The summed E-state index contributed by atoms with van der Waals surface area (Å²) < 4.78 is 0. The molecule has 0 radical (unpaired) electrons. The summed E-state index contributed by atoms with van der Waals surface area (Å²) in [5, 5.41) is 3.48. The topological polar surface area (TPSA) is 15.3 Å². The molecule has 2 rings (SSSR count). The van der Waals surface area contributed by atoms with Gasteiger partial charge in [0.25, 0.3) is 0 Å². The third kappa shape index (κ3) is 7.75. The van der Waals surface area contributed by atoms with E-state index in [1.165, 1.54) is 22.4 Å². The Labute approximate surface area is 196 Å². The average molecular weight is 431 g/mol. The van der Waals surface area contributed by atoms with Crippen molar-refractivity contribution in [1.29, 1.82) is 0 Å². The molecule has 1 N–H and O–H groups in total. The molecule has 2 aromatic carbocycles. The van der Waals surface area contributed by atoms with Crippen molar-refractivity contribution >= 4 is 11.4 Å². The van der Waals surface area contributed by atoms with Crippen LogP contribution in [-0.2, 0) is 6.54 Å². The van der Waals surface area contributed by atoms with E-state index >= 15 is 0 Å². The number of nitrogens with zero attached hydrogens (tertiary/aromatic N) is 1. The molecule has 0 heterocycles. The molecule has 0 saturated heterocycles. The monoisotopic (exact) mass is 430 g/mol. The molecule has 2 nitrogen and oxygen atoms in total. The van der Waals surface area contributed by atoms with Gasteiger partial charge >= 0.3 is 0 Å². The molecule has 0 saturated carbocycles. The second kappa shape index (κ2) is 12.3. The highest BCUT2D eigenvalue weighted by molar-refractivity contribution is 5.59. The first-order valence-corrected chi connectivity index (χ1v) is 11.9. The van der Waals surface area contributed by atoms with E-state index in [4.69, 9.17) is 0 Å². The second-order valence-corrected chi connectivity index (χ2v) is 9.52. The number of nitrogens with one attached hydrogen (secondary N) is 1. The quantitative estimate of drug-likeness (QED) is 0.359.